The van der Waals surface area contributed by atoms with E-state index in [1.54, 1.807) is 29.5 Å². The van der Waals surface area contributed by atoms with Crippen molar-refractivity contribution in [2.45, 2.75) is 20.4 Å². The van der Waals surface area contributed by atoms with Crippen molar-refractivity contribution in [1.29, 1.82) is 0 Å². The number of carbonyl (C=O) groups is 2. The van der Waals surface area contributed by atoms with E-state index in [1.807, 2.05) is 26.0 Å². The Kier molecular flexibility index (Phi) is 6.20. The summed E-state index contributed by atoms with van der Waals surface area (Å²) in [5.41, 5.74) is 0.464. The van der Waals surface area contributed by atoms with Crippen LogP contribution in [0.5, 0.6) is 11.5 Å². The van der Waals surface area contributed by atoms with Gasteiger partial charge in [-0.15, -0.1) is 11.3 Å². The number of hydrogen-bond acceptors (Lipinski definition) is 5. The molecule has 2 rings (SSSR count). The molecule has 0 aliphatic carbocycles. The minimum atomic E-state index is -0.726. The number of thiophene rings is 1. The van der Waals surface area contributed by atoms with E-state index in [2.05, 4.69) is 10.6 Å². The minimum Gasteiger partial charge on any atom is -0.493 e. The summed E-state index contributed by atoms with van der Waals surface area (Å²) in [4.78, 5) is 26.0. The quantitative estimate of drug-likeness (QED) is 0.787. The molecule has 2 aromatic rings. The van der Waals surface area contributed by atoms with Crippen molar-refractivity contribution in [2.24, 2.45) is 0 Å². The Morgan fingerprint density at radius 3 is 2.54 bits per heavy atom. The molecule has 2 amide bonds. The van der Waals surface area contributed by atoms with Gasteiger partial charge < -0.3 is 20.1 Å². The van der Waals surface area contributed by atoms with Crippen molar-refractivity contribution < 1.29 is 19.1 Å². The van der Waals surface area contributed by atoms with Gasteiger partial charge in [0.1, 0.15) is 0 Å². The van der Waals surface area contributed by atoms with E-state index < -0.39 is 11.8 Å². The van der Waals surface area contributed by atoms with Crippen molar-refractivity contribution in [2.75, 3.05) is 19.0 Å². The van der Waals surface area contributed by atoms with Crippen LogP contribution in [0.4, 0.5) is 5.69 Å². The Morgan fingerprint density at radius 1 is 1.12 bits per heavy atom. The fraction of sp³-hybridized carbons (Fsp3) is 0.294. The highest BCUT2D eigenvalue weighted by Crippen LogP contribution is 2.30. The number of anilines is 1. The number of amides is 2. The second-order valence-electron chi connectivity index (χ2n) is 4.95. The van der Waals surface area contributed by atoms with Crippen LogP contribution >= 0.6 is 11.3 Å². The number of rotatable bonds is 6. The Bertz CT molecular complexity index is 727. The summed E-state index contributed by atoms with van der Waals surface area (Å²) in [5, 5.41) is 5.15. The van der Waals surface area contributed by atoms with Crippen molar-refractivity contribution in [3.05, 3.63) is 40.1 Å². The van der Waals surface area contributed by atoms with Gasteiger partial charge in [-0.3, -0.25) is 9.59 Å². The van der Waals surface area contributed by atoms with Crippen LogP contribution in [0.3, 0.4) is 0 Å². The molecule has 0 atom stereocenters. The predicted octanol–water partition coefficient (Wildman–Crippen LogP) is 2.72. The largest absolute Gasteiger partial charge is 0.493 e. The molecule has 0 fully saturated rings. The first kappa shape index (κ1) is 17.8. The third-order valence-electron chi connectivity index (χ3n) is 3.15. The van der Waals surface area contributed by atoms with E-state index in [-0.39, 0.29) is 0 Å². The van der Waals surface area contributed by atoms with Crippen molar-refractivity contribution in [1.82, 2.24) is 5.32 Å². The third-order valence-corrected chi connectivity index (χ3v) is 4.15. The van der Waals surface area contributed by atoms with Gasteiger partial charge >= 0.3 is 11.8 Å². The van der Waals surface area contributed by atoms with Gasteiger partial charge in [-0.05, 0) is 38.1 Å². The van der Waals surface area contributed by atoms with E-state index in [9.17, 15) is 9.59 Å². The second kappa shape index (κ2) is 8.35. The van der Waals surface area contributed by atoms with E-state index in [1.165, 1.54) is 7.11 Å². The molecule has 0 aliphatic rings. The Hall–Kier alpha value is -2.54. The Balaban J connectivity index is 1.95. The number of nitrogens with one attached hydrogen (secondary N) is 2. The summed E-state index contributed by atoms with van der Waals surface area (Å²) in [6, 6.07) is 8.84. The monoisotopic (exact) mass is 348 g/mol. The average Bonchev–Trinajstić information content (AvgIpc) is 2.98. The third kappa shape index (κ3) is 4.73. The maximum absolute atomic E-state index is 12.0. The zero-order valence-electron chi connectivity index (χ0n) is 13.8. The summed E-state index contributed by atoms with van der Waals surface area (Å²) in [5.74, 6) is -0.342. The fourth-order valence-corrected chi connectivity index (χ4v) is 2.87. The zero-order valence-corrected chi connectivity index (χ0v) is 14.7. The first-order chi connectivity index (χ1) is 11.5. The van der Waals surface area contributed by atoms with Crippen LogP contribution in [0, 0.1) is 6.92 Å². The van der Waals surface area contributed by atoms with E-state index in [0.29, 0.717) is 30.3 Å². The number of methoxy groups -OCH3 is 1. The Morgan fingerprint density at radius 2 is 1.92 bits per heavy atom. The normalized spacial score (nSPS) is 10.1. The highest BCUT2D eigenvalue weighted by Gasteiger charge is 2.15. The first-order valence-electron chi connectivity index (χ1n) is 7.48. The smallest absolute Gasteiger partial charge is 0.313 e. The molecule has 0 aliphatic heterocycles. The lowest BCUT2D eigenvalue weighted by molar-refractivity contribution is -0.136. The van der Waals surface area contributed by atoms with E-state index in [0.717, 1.165) is 9.75 Å². The molecular formula is C17H20N2O4S. The van der Waals surface area contributed by atoms with E-state index >= 15 is 0 Å². The van der Waals surface area contributed by atoms with Crippen molar-refractivity contribution >= 4 is 28.8 Å². The van der Waals surface area contributed by atoms with Crippen molar-refractivity contribution in [3.63, 3.8) is 0 Å². The SMILES string of the molecule is CCOc1cc(NC(=O)C(=O)NCc2ccc(C)s2)ccc1OC. The number of hydrogen-bond donors (Lipinski definition) is 2. The molecule has 1 aromatic carbocycles. The van der Waals surface area contributed by atoms with Gasteiger partial charge in [0.2, 0.25) is 0 Å². The lowest BCUT2D eigenvalue weighted by Crippen LogP contribution is -2.34. The number of carbonyl (C=O) groups excluding carboxylic acids is 2. The molecule has 24 heavy (non-hydrogen) atoms. The first-order valence-corrected chi connectivity index (χ1v) is 8.30. The maximum atomic E-state index is 12.0. The summed E-state index contributed by atoms with van der Waals surface area (Å²) >= 11 is 1.58. The highest BCUT2D eigenvalue weighted by atomic mass is 32.1. The summed E-state index contributed by atoms with van der Waals surface area (Å²) in [7, 11) is 1.54. The highest BCUT2D eigenvalue weighted by molar-refractivity contribution is 7.11. The van der Waals surface area contributed by atoms with Crippen molar-refractivity contribution in [3.8, 4) is 11.5 Å². The number of benzene rings is 1. The number of ether oxygens (including phenoxy) is 2. The lowest BCUT2D eigenvalue weighted by atomic mass is 10.2. The molecule has 1 heterocycles. The van der Waals surface area contributed by atoms with Gasteiger partial charge in [-0.1, -0.05) is 0 Å². The lowest BCUT2D eigenvalue weighted by Gasteiger charge is -2.11. The maximum Gasteiger partial charge on any atom is 0.313 e. The van der Waals surface area contributed by atoms with Gasteiger partial charge in [-0.25, -0.2) is 0 Å². The van der Waals surface area contributed by atoms with Gasteiger partial charge in [-0.2, -0.15) is 0 Å². The number of aryl methyl sites for hydroxylation is 1. The topological polar surface area (TPSA) is 76.7 Å². The fourth-order valence-electron chi connectivity index (χ4n) is 2.04. The molecule has 7 heteroatoms. The van der Waals surface area contributed by atoms with Gasteiger partial charge in [0.25, 0.3) is 0 Å². The second-order valence-corrected chi connectivity index (χ2v) is 6.32. The average molecular weight is 348 g/mol. The van der Waals surface area contributed by atoms with Crippen LogP contribution in [0.1, 0.15) is 16.7 Å². The molecule has 0 saturated heterocycles. The van der Waals surface area contributed by atoms with Crippen LogP contribution in [-0.2, 0) is 16.1 Å². The standard InChI is InChI=1S/C17H20N2O4S/c1-4-23-15-9-12(6-8-14(15)22-3)19-17(21)16(20)18-10-13-7-5-11(2)24-13/h5-9H,4,10H2,1-3H3,(H,18,20)(H,19,21). The molecule has 128 valence electrons. The van der Waals surface area contributed by atoms with Crippen LogP contribution in [0.2, 0.25) is 0 Å². The molecule has 0 spiro atoms. The zero-order chi connectivity index (χ0) is 17.5. The van der Waals surface area contributed by atoms with E-state index in [4.69, 9.17) is 9.47 Å². The van der Waals surface area contributed by atoms with Gasteiger partial charge in [0.15, 0.2) is 11.5 Å². The summed E-state index contributed by atoms with van der Waals surface area (Å²) in [6.07, 6.45) is 0. The summed E-state index contributed by atoms with van der Waals surface area (Å²) in [6.45, 7) is 4.64. The van der Waals surface area contributed by atoms with Crippen LogP contribution in [0.15, 0.2) is 30.3 Å². The van der Waals surface area contributed by atoms with Crippen LogP contribution < -0.4 is 20.1 Å². The molecule has 0 saturated carbocycles. The molecule has 0 bridgehead atoms. The molecule has 0 radical (unpaired) electrons. The Labute approximate surface area is 144 Å². The molecule has 2 N–H and O–H groups in total. The van der Waals surface area contributed by atoms with Crippen LogP contribution in [0.25, 0.3) is 0 Å². The minimum absolute atomic E-state index is 0.331. The molecule has 6 nitrogen and oxygen atoms in total. The summed E-state index contributed by atoms with van der Waals surface area (Å²) < 4.78 is 10.6. The molecular weight excluding hydrogens is 328 g/mol. The predicted molar refractivity (Wildman–Crippen MR) is 93.7 cm³/mol. The van der Waals surface area contributed by atoms with Crippen LogP contribution in [-0.4, -0.2) is 25.5 Å². The molecule has 1 aromatic heterocycles. The van der Waals surface area contributed by atoms with Gasteiger partial charge in [0.05, 0.1) is 20.3 Å². The molecule has 0 unspecified atom stereocenters. The van der Waals surface area contributed by atoms with Gasteiger partial charge in [0, 0.05) is 21.5 Å².